The van der Waals surface area contributed by atoms with Gasteiger partial charge in [-0.05, 0) is 23.8 Å². The van der Waals surface area contributed by atoms with Gasteiger partial charge in [0.1, 0.15) is 0 Å². The van der Waals surface area contributed by atoms with Crippen LogP contribution < -0.4 is 4.90 Å². The summed E-state index contributed by atoms with van der Waals surface area (Å²) in [6, 6.07) is 10.7. The number of pyridine rings is 1. The standard InChI is InChI=1S/C23H23N5O4/c1-27(7-8-29)21(31)15-5-6-17-19(9-15)28(12-23(17)13-32-14-23)22-24-10-16(11-25-22)18-3-2-4-20(30)26-18/h2-6,9-11,29H,7-8,12-14H2,1H3,(H,26,30). The Hall–Kier alpha value is -3.56. The van der Waals surface area contributed by atoms with Crippen LogP contribution in [0.2, 0.25) is 0 Å². The molecule has 2 aliphatic rings. The number of carbonyl (C=O) groups is 1. The second kappa shape index (κ2) is 7.85. The molecule has 1 fully saturated rings. The molecule has 0 aliphatic carbocycles. The summed E-state index contributed by atoms with van der Waals surface area (Å²) in [6.45, 7) is 2.06. The van der Waals surface area contributed by atoms with Gasteiger partial charge in [-0.2, -0.15) is 0 Å². The van der Waals surface area contributed by atoms with E-state index in [1.807, 2.05) is 23.1 Å². The van der Waals surface area contributed by atoms with E-state index in [1.54, 1.807) is 31.6 Å². The van der Waals surface area contributed by atoms with Crippen LogP contribution in [0.1, 0.15) is 15.9 Å². The lowest BCUT2D eigenvalue weighted by atomic mass is 9.80. The third-order valence-corrected chi connectivity index (χ3v) is 6.02. The van der Waals surface area contributed by atoms with E-state index in [1.165, 1.54) is 11.0 Å². The van der Waals surface area contributed by atoms with E-state index in [0.717, 1.165) is 11.3 Å². The van der Waals surface area contributed by atoms with Crippen molar-refractivity contribution in [2.24, 2.45) is 0 Å². The normalized spacial score (nSPS) is 16.0. The summed E-state index contributed by atoms with van der Waals surface area (Å²) < 4.78 is 5.53. The number of fused-ring (bicyclic) bond motifs is 2. The monoisotopic (exact) mass is 433 g/mol. The van der Waals surface area contributed by atoms with Crippen LogP contribution in [0.25, 0.3) is 11.3 Å². The zero-order chi connectivity index (χ0) is 22.3. The number of likely N-dealkylation sites (N-methyl/N-ethyl adjacent to an activating group) is 1. The fourth-order valence-electron chi connectivity index (χ4n) is 4.23. The van der Waals surface area contributed by atoms with Gasteiger partial charge in [0, 0.05) is 55.4 Å². The Bertz CT molecular complexity index is 1160. The molecule has 1 amide bonds. The first-order chi connectivity index (χ1) is 15.5. The highest BCUT2D eigenvalue weighted by molar-refractivity contribution is 5.96. The fourth-order valence-corrected chi connectivity index (χ4v) is 4.23. The summed E-state index contributed by atoms with van der Waals surface area (Å²) in [4.78, 5) is 29.5. The minimum atomic E-state index is -0.154. The average Bonchev–Trinajstić information content (AvgIpc) is 3.14. The van der Waals surface area contributed by atoms with Gasteiger partial charge in [0.05, 0.1) is 30.9 Å². The van der Waals surface area contributed by atoms with Crippen LogP contribution in [0.3, 0.4) is 0 Å². The molecule has 0 atom stereocenters. The predicted molar refractivity (Wildman–Crippen MR) is 117 cm³/mol. The molecule has 1 spiro atoms. The summed E-state index contributed by atoms with van der Waals surface area (Å²) in [5.41, 5.74) is 3.69. The van der Waals surface area contributed by atoms with Gasteiger partial charge >= 0.3 is 0 Å². The first-order valence-corrected chi connectivity index (χ1v) is 10.4. The molecule has 0 bridgehead atoms. The topological polar surface area (TPSA) is 112 Å². The molecule has 0 saturated carbocycles. The number of aromatic hydroxyl groups is 1. The van der Waals surface area contributed by atoms with Crippen molar-refractivity contribution in [1.29, 1.82) is 0 Å². The van der Waals surface area contributed by atoms with Gasteiger partial charge < -0.3 is 24.7 Å². The number of aliphatic hydroxyl groups excluding tert-OH is 1. The molecule has 3 aromatic rings. The summed E-state index contributed by atoms with van der Waals surface area (Å²) in [7, 11) is 1.67. The number of aromatic nitrogens is 3. The molecule has 5 rings (SSSR count). The maximum absolute atomic E-state index is 12.8. The molecule has 4 heterocycles. The van der Waals surface area contributed by atoms with Crippen molar-refractivity contribution in [3.63, 3.8) is 0 Å². The van der Waals surface area contributed by atoms with E-state index >= 15 is 0 Å². The van der Waals surface area contributed by atoms with Crippen LogP contribution >= 0.6 is 0 Å². The Morgan fingerprint density at radius 2 is 2.00 bits per heavy atom. The van der Waals surface area contributed by atoms with Crippen LogP contribution in [0, 0.1) is 0 Å². The minimum absolute atomic E-state index is 0.0599. The van der Waals surface area contributed by atoms with Crippen LogP contribution in [-0.4, -0.2) is 75.9 Å². The molecule has 2 aliphatic heterocycles. The first-order valence-electron chi connectivity index (χ1n) is 10.4. The molecule has 9 nitrogen and oxygen atoms in total. The smallest absolute Gasteiger partial charge is 0.253 e. The van der Waals surface area contributed by atoms with Crippen molar-refractivity contribution >= 4 is 17.5 Å². The van der Waals surface area contributed by atoms with Gasteiger partial charge in [-0.25, -0.2) is 15.0 Å². The second-order valence-corrected chi connectivity index (χ2v) is 8.19. The number of anilines is 2. The van der Waals surface area contributed by atoms with Crippen molar-refractivity contribution in [3.8, 4) is 17.1 Å². The van der Waals surface area contributed by atoms with Gasteiger partial charge in [0.15, 0.2) is 0 Å². The Kier molecular flexibility index (Phi) is 4.99. The lowest BCUT2D eigenvalue weighted by Gasteiger charge is -2.38. The molecule has 164 valence electrons. The van der Waals surface area contributed by atoms with Gasteiger partial charge in [-0.15, -0.1) is 0 Å². The fraction of sp³-hybridized carbons (Fsp3) is 0.304. The Balaban J connectivity index is 1.49. The van der Waals surface area contributed by atoms with Crippen molar-refractivity contribution in [2.45, 2.75) is 5.41 Å². The Morgan fingerprint density at radius 1 is 1.22 bits per heavy atom. The molecular formula is C23H23N5O4. The molecular weight excluding hydrogens is 410 g/mol. The number of rotatable bonds is 5. The van der Waals surface area contributed by atoms with E-state index in [-0.39, 0.29) is 30.4 Å². The quantitative estimate of drug-likeness (QED) is 0.626. The van der Waals surface area contributed by atoms with Gasteiger partial charge in [-0.1, -0.05) is 12.1 Å². The van der Waals surface area contributed by atoms with Crippen LogP contribution in [0.4, 0.5) is 11.6 Å². The Labute approximate surface area is 184 Å². The maximum Gasteiger partial charge on any atom is 0.253 e. The van der Waals surface area contributed by atoms with E-state index < -0.39 is 0 Å². The second-order valence-electron chi connectivity index (χ2n) is 8.19. The third-order valence-electron chi connectivity index (χ3n) is 6.02. The SMILES string of the molecule is CN(CCO)C(=O)c1ccc2c(c1)N(c1ncc(-c3cccc(O)n3)cn1)CC21COC1. The number of hydrogen-bond donors (Lipinski definition) is 2. The van der Waals surface area contributed by atoms with Crippen molar-refractivity contribution in [3.05, 3.63) is 59.9 Å². The highest BCUT2D eigenvalue weighted by Gasteiger charge is 2.49. The number of hydrogen-bond acceptors (Lipinski definition) is 8. The molecule has 32 heavy (non-hydrogen) atoms. The van der Waals surface area contributed by atoms with Crippen LogP contribution in [0.5, 0.6) is 5.88 Å². The largest absolute Gasteiger partial charge is 0.493 e. The highest BCUT2D eigenvalue weighted by atomic mass is 16.5. The lowest BCUT2D eigenvalue weighted by molar-refractivity contribution is -0.0507. The number of nitrogens with zero attached hydrogens (tertiary/aromatic N) is 5. The van der Waals surface area contributed by atoms with Crippen molar-refractivity contribution in [2.75, 3.05) is 44.9 Å². The summed E-state index contributed by atoms with van der Waals surface area (Å²) >= 11 is 0. The van der Waals surface area contributed by atoms with E-state index in [4.69, 9.17) is 9.84 Å². The van der Waals surface area contributed by atoms with Gasteiger partial charge in [-0.3, -0.25) is 4.79 Å². The predicted octanol–water partition coefficient (Wildman–Crippen LogP) is 1.73. The molecule has 2 N–H and O–H groups in total. The molecule has 1 aromatic carbocycles. The highest BCUT2D eigenvalue weighted by Crippen LogP contribution is 2.47. The van der Waals surface area contributed by atoms with Gasteiger partial charge in [0.2, 0.25) is 11.8 Å². The maximum atomic E-state index is 12.8. The molecule has 2 aromatic heterocycles. The third kappa shape index (κ3) is 3.35. The molecule has 1 saturated heterocycles. The van der Waals surface area contributed by atoms with Gasteiger partial charge in [0.25, 0.3) is 5.91 Å². The Morgan fingerprint density at radius 3 is 2.66 bits per heavy atom. The first kappa shape index (κ1) is 20.3. The van der Waals surface area contributed by atoms with Crippen molar-refractivity contribution in [1.82, 2.24) is 19.9 Å². The summed E-state index contributed by atoms with van der Waals surface area (Å²) in [5.74, 6) is 0.307. The number of benzene rings is 1. The van der Waals surface area contributed by atoms with E-state index in [9.17, 15) is 9.90 Å². The molecule has 0 radical (unpaired) electrons. The van der Waals surface area contributed by atoms with Crippen LogP contribution in [0.15, 0.2) is 48.8 Å². The van der Waals surface area contributed by atoms with Crippen LogP contribution in [-0.2, 0) is 10.2 Å². The number of ether oxygens (including phenoxy) is 1. The summed E-state index contributed by atoms with van der Waals surface area (Å²) in [6.07, 6.45) is 3.35. The lowest BCUT2D eigenvalue weighted by Crippen LogP contribution is -2.49. The average molecular weight is 433 g/mol. The number of amides is 1. The van der Waals surface area contributed by atoms with E-state index in [2.05, 4.69) is 15.0 Å². The zero-order valence-corrected chi connectivity index (χ0v) is 17.6. The summed E-state index contributed by atoms with van der Waals surface area (Å²) in [5, 5.41) is 18.8. The molecule has 9 heteroatoms. The number of carbonyl (C=O) groups excluding carboxylic acids is 1. The zero-order valence-electron chi connectivity index (χ0n) is 17.6. The number of aliphatic hydroxyl groups is 1. The van der Waals surface area contributed by atoms with Crippen molar-refractivity contribution < 1.29 is 19.7 Å². The minimum Gasteiger partial charge on any atom is -0.493 e. The van der Waals surface area contributed by atoms with E-state index in [0.29, 0.717) is 42.5 Å². The molecule has 0 unspecified atom stereocenters.